The standard InChI is InChI=1S/C22H19BrClNO2/c1-25(14-16-5-4-7-19(23)13-16)22(27,18-9-11-20(24)12-10-18)21-8-3-2-6-17(21)15-26/h2-13,15,27H,14H2,1H3. The molecule has 0 spiro atoms. The van der Waals surface area contributed by atoms with E-state index < -0.39 is 5.72 Å². The quantitative estimate of drug-likeness (QED) is 0.417. The normalized spacial score (nSPS) is 13.4. The molecule has 0 fully saturated rings. The summed E-state index contributed by atoms with van der Waals surface area (Å²) in [4.78, 5) is 13.4. The zero-order valence-electron chi connectivity index (χ0n) is 14.8. The number of aliphatic hydroxyl groups is 1. The highest BCUT2D eigenvalue weighted by atomic mass is 79.9. The molecule has 0 heterocycles. The van der Waals surface area contributed by atoms with E-state index in [0.29, 0.717) is 28.3 Å². The first-order valence-electron chi connectivity index (χ1n) is 8.44. The van der Waals surface area contributed by atoms with Gasteiger partial charge >= 0.3 is 0 Å². The largest absolute Gasteiger partial charge is 0.367 e. The van der Waals surface area contributed by atoms with Gasteiger partial charge in [0, 0.05) is 32.7 Å². The number of hydrogen-bond acceptors (Lipinski definition) is 3. The molecule has 0 saturated carbocycles. The van der Waals surface area contributed by atoms with Gasteiger partial charge in [0.15, 0.2) is 12.0 Å². The van der Waals surface area contributed by atoms with Crippen LogP contribution in [0.2, 0.25) is 5.02 Å². The van der Waals surface area contributed by atoms with Gasteiger partial charge in [0.05, 0.1) is 0 Å². The van der Waals surface area contributed by atoms with Crippen LogP contribution in [0, 0.1) is 0 Å². The van der Waals surface area contributed by atoms with Gasteiger partial charge in [-0.05, 0) is 36.9 Å². The zero-order valence-corrected chi connectivity index (χ0v) is 17.1. The molecule has 0 aromatic heterocycles. The number of benzene rings is 3. The second-order valence-electron chi connectivity index (χ2n) is 6.37. The lowest BCUT2D eigenvalue weighted by Gasteiger charge is -2.39. The maximum Gasteiger partial charge on any atom is 0.171 e. The monoisotopic (exact) mass is 443 g/mol. The third-order valence-corrected chi connectivity index (χ3v) is 5.32. The van der Waals surface area contributed by atoms with E-state index in [9.17, 15) is 9.90 Å². The molecule has 3 nitrogen and oxygen atoms in total. The van der Waals surface area contributed by atoms with E-state index in [1.807, 2.05) is 42.3 Å². The molecule has 27 heavy (non-hydrogen) atoms. The third-order valence-electron chi connectivity index (χ3n) is 4.57. The van der Waals surface area contributed by atoms with Crippen molar-refractivity contribution in [1.29, 1.82) is 0 Å². The van der Waals surface area contributed by atoms with Crippen LogP contribution in [0.3, 0.4) is 0 Å². The van der Waals surface area contributed by atoms with E-state index in [4.69, 9.17) is 11.6 Å². The zero-order chi connectivity index (χ0) is 19.4. The van der Waals surface area contributed by atoms with Crippen molar-refractivity contribution in [2.24, 2.45) is 0 Å². The minimum absolute atomic E-state index is 0.441. The van der Waals surface area contributed by atoms with Crippen molar-refractivity contribution in [2.75, 3.05) is 7.05 Å². The molecule has 0 bridgehead atoms. The maximum absolute atomic E-state index is 11.9. The fraction of sp³-hybridized carbons (Fsp3) is 0.136. The van der Waals surface area contributed by atoms with Crippen molar-refractivity contribution in [3.05, 3.63) is 105 Å². The fourth-order valence-corrected chi connectivity index (χ4v) is 3.78. The van der Waals surface area contributed by atoms with Gasteiger partial charge < -0.3 is 5.11 Å². The van der Waals surface area contributed by atoms with Crippen LogP contribution in [0.25, 0.3) is 0 Å². The van der Waals surface area contributed by atoms with Gasteiger partial charge in [0.1, 0.15) is 0 Å². The van der Waals surface area contributed by atoms with Crippen LogP contribution in [0.1, 0.15) is 27.0 Å². The average Bonchev–Trinajstić information content (AvgIpc) is 2.68. The predicted molar refractivity (Wildman–Crippen MR) is 112 cm³/mol. The van der Waals surface area contributed by atoms with Crippen molar-refractivity contribution >= 4 is 33.8 Å². The number of aldehydes is 1. The summed E-state index contributed by atoms with van der Waals surface area (Å²) in [6.07, 6.45) is 0.767. The summed E-state index contributed by atoms with van der Waals surface area (Å²) in [6, 6.07) is 22.0. The molecule has 5 heteroatoms. The maximum atomic E-state index is 11.9. The Balaban J connectivity index is 2.11. The Morgan fingerprint density at radius 3 is 2.44 bits per heavy atom. The van der Waals surface area contributed by atoms with E-state index in [1.165, 1.54) is 0 Å². The lowest BCUT2D eigenvalue weighted by Crippen LogP contribution is -2.45. The van der Waals surface area contributed by atoms with Gasteiger partial charge in [0.25, 0.3) is 0 Å². The number of hydrogen-bond donors (Lipinski definition) is 1. The van der Waals surface area contributed by atoms with E-state index in [-0.39, 0.29) is 0 Å². The SMILES string of the molecule is CN(Cc1cccc(Br)c1)C(O)(c1ccc(Cl)cc1)c1ccccc1C=O. The second-order valence-corrected chi connectivity index (χ2v) is 7.72. The topological polar surface area (TPSA) is 40.5 Å². The summed E-state index contributed by atoms with van der Waals surface area (Å²) in [7, 11) is 1.83. The summed E-state index contributed by atoms with van der Waals surface area (Å²) < 4.78 is 0.969. The molecule has 1 N–H and O–H groups in total. The van der Waals surface area contributed by atoms with Crippen LogP contribution < -0.4 is 0 Å². The summed E-state index contributed by atoms with van der Waals surface area (Å²) in [5.74, 6) is 0. The van der Waals surface area contributed by atoms with Crippen molar-refractivity contribution in [3.8, 4) is 0 Å². The van der Waals surface area contributed by atoms with Crippen LogP contribution >= 0.6 is 27.5 Å². The lowest BCUT2D eigenvalue weighted by atomic mass is 9.89. The molecule has 0 amide bonds. The highest BCUT2D eigenvalue weighted by molar-refractivity contribution is 9.10. The summed E-state index contributed by atoms with van der Waals surface area (Å²) in [5, 5.41) is 12.5. The fourth-order valence-electron chi connectivity index (χ4n) is 3.20. The summed E-state index contributed by atoms with van der Waals surface area (Å²) in [5.41, 5.74) is 1.14. The number of rotatable bonds is 6. The van der Waals surface area contributed by atoms with Crippen LogP contribution in [-0.2, 0) is 12.3 Å². The van der Waals surface area contributed by atoms with Crippen LogP contribution in [-0.4, -0.2) is 23.3 Å². The molecule has 0 aliphatic carbocycles. The number of halogens is 2. The highest BCUT2D eigenvalue weighted by Gasteiger charge is 2.38. The minimum Gasteiger partial charge on any atom is -0.367 e. The summed E-state index contributed by atoms with van der Waals surface area (Å²) >= 11 is 9.52. The molecule has 1 atom stereocenters. The first-order valence-corrected chi connectivity index (χ1v) is 9.61. The molecule has 0 saturated heterocycles. The van der Waals surface area contributed by atoms with Crippen LogP contribution in [0.15, 0.2) is 77.3 Å². The van der Waals surface area contributed by atoms with E-state index >= 15 is 0 Å². The molecule has 3 rings (SSSR count). The molecule has 3 aromatic rings. The number of carbonyl (C=O) groups excluding carboxylic acids is 1. The number of nitrogens with zero attached hydrogens (tertiary/aromatic N) is 1. The van der Waals surface area contributed by atoms with Gasteiger partial charge in [-0.2, -0.15) is 0 Å². The van der Waals surface area contributed by atoms with E-state index in [0.717, 1.165) is 16.3 Å². The third kappa shape index (κ3) is 4.14. The van der Waals surface area contributed by atoms with Crippen molar-refractivity contribution in [1.82, 2.24) is 4.90 Å². The Bertz CT molecular complexity index is 945. The van der Waals surface area contributed by atoms with Gasteiger partial charge in [0.2, 0.25) is 0 Å². The molecular formula is C22H19BrClNO2. The Morgan fingerprint density at radius 1 is 1.07 bits per heavy atom. The summed E-state index contributed by atoms with van der Waals surface area (Å²) in [6.45, 7) is 0.478. The van der Waals surface area contributed by atoms with Gasteiger partial charge in [-0.3, -0.25) is 9.69 Å². The molecule has 138 valence electrons. The predicted octanol–water partition coefficient (Wildman–Crippen LogP) is 5.24. The minimum atomic E-state index is -1.50. The molecular weight excluding hydrogens is 426 g/mol. The second kappa shape index (κ2) is 8.36. The molecule has 0 aliphatic heterocycles. The Hall–Kier alpha value is -1.98. The van der Waals surface area contributed by atoms with Crippen molar-refractivity contribution < 1.29 is 9.90 Å². The molecule has 3 aromatic carbocycles. The van der Waals surface area contributed by atoms with Crippen molar-refractivity contribution in [3.63, 3.8) is 0 Å². The van der Waals surface area contributed by atoms with Crippen LogP contribution in [0.5, 0.6) is 0 Å². The van der Waals surface area contributed by atoms with Gasteiger partial charge in [-0.1, -0.05) is 76.1 Å². The van der Waals surface area contributed by atoms with Gasteiger partial charge in [-0.15, -0.1) is 0 Å². The Kier molecular flexibility index (Phi) is 6.12. The smallest absolute Gasteiger partial charge is 0.171 e. The average molecular weight is 445 g/mol. The van der Waals surface area contributed by atoms with Gasteiger partial charge in [-0.25, -0.2) is 0 Å². The first-order chi connectivity index (χ1) is 12.9. The Labute approximate surface area is 172 Å². The lowest BCUT2D eigenvalue weighted by molar-refractivity contribution is -0.0712. The molecule has 1 unspecified atom stereocenters. The van der Waals surface area contributed by atoms with Crippen molar-refractivity contribution in [2.45, 2.75) is 12.3 Å². The highest BCUT2D eigenvalue weighted by Crippen LogP contribution is 2.36. The van der Waals surface area contributed by atoms with E-state index in [2.05, 4.69) is 15.9 Å². The van der Waals surface area contributed by atoms with E-state index in [1.54, 1.807) is 42.5 Å². The van der Waals surface area contributed by atoms with Crippen LogP contribution in [0.4, 0.5) is 0 Å². The first kappa shape index (κ1) is 19.8. The Morgan fingerprint density at radius 2 is 1.78 bits per heavy atom. The molecule has 0 aliphatic rings. The molecule has 0 radical (unpaired) electrons. The number of carbonyl (C=O) groups is 1.